The fourth-order valence-electron chi connectivity index (χ4n) is 11.0. The summed E-state index contributed by atoms with van der Waals surface area (Å²) in [5.74, 6) is 2.76. The number of hydrogen-bond acceptors (Lipinski definition) is 0. The van der Waals surface area contributed by atoms with E-state index in [0.717, 1.165) is 6.42 Å². The van der Waals surface area contributed by atoms with E-state index in [1.807, 2.05) is 24.3 Å². The molecule has 3 unspecified atom stereocenters. The van der Waals surface area contributed by atoms with E-state index in [0.29, 0.717) is 17.3 Å². The number of hydrogen-bond donors (Lipinski definition) is 0. The Hall–Kier alpha value is -2.44. The molecule has 0 spiro atoms. The summed E-state index contributed by atoms with van der Waals surface area (Å²) in [5, 5.41) is 0. The normalized spacial score (nSPS) is 23.0. The molecular weight excluding hydrogens is 895 g/mol. The molecule has 1 saturated carbocycles. The van der Waals surface area contributed by atoms with Crippen molar-refractivity contribution in [2.45, 2.75) is 162 Å². The minimum absolute atomic E-state index is 0. The standard InChI is InChI=1S/C29H37.C11H17.2C10H13.CH2.2ClH.Zr/c1-18-25-22-17-19-13-9-10-14-20(19)24(22)21-15-11-12-16-23(21)29(25,8)28(6,7)27(4,5)26(18,2)3;1-8-6-9(2)10(7-8)11(3,4)5;2*1-10(2,3)9-7-5-4-6-8-9;;;;/h9-11,13-15,23H,12,16-17H2,1-8H3;7-8H,1-5H3;2*5-8H,1-3H3;1H2;2*1H;/q4*-1;;;;. The minimum atomic E-state index is 0. The molecule has 3 atom stereocenters. The van der Waals surface area contributed by atoms with Crippen molar-refractivity contribution in [1.82, 2.24) is 0 Å². The quantitative estimate of drug-likeness (QED) is 0.197. The van der Waals surface area contributed by atoms with Gasteiger partial charge in [0.25, 0.3) is 0 Å². The van der Waals surface area contributed by atoms with Gasteiger partial charge in [0, 0.05) is 0 Å². The topological polar surface area (TPSA) is 0 Å². The Labute approximate surface area is 421 Å². The van der Waals surface area contributed by atoms with Crippen LogP contribution in [-0.2, 0) is 41.5 Å². The third-order valence-electron chi connectivity index (χ3n) is 16.0. The summed E-state index contributed by atoms with van der Waals surface area (Å²) in [4.78, 5) is 0. The van der Waals surface area contributed by atoms with Crippen LogP contribution in [0.5, 0.6) is 0 Å². The van der Waals surface area contributed by atoms with Crippen LogP contribution in [0.3, 0.4) is 0 Å². The Balaban J connectivity index is 0.000000333. The van der Waals surface area contributed by atoms with Crippen molar-refractivity contribution < 1.29 is 24.2 Å². The van der Waals surface area contributed by atoms with Gasteiger partial charge in [-0.1, -0.05) is 201 Å². The Morgan fingerprint density at radius 3 is 1.59 bits per heavy atom. The Bertz CT molecular complexity index is 2120. The summed E-state index contributed by atoms with van der Waals surface area (Å²) >= 11 is 1.30. The van der Waals surface area contributed by atoms with Gasteiger partial charge in [-0.05, 0) is 51.4 Å². The fraction of sp³-hybridized carbons (Fsp3) is 0.508. The molecule has 3 aromatic rings. The average Bonchev–Trinajstić information content (AvgIpc) is 3.78. The molecule has 0 aromatic heterocycles. The van der Waals surface area contributed by atoms with Gasteiger partial charge in [0.1, 0.15) is 0 Å². The molecule has 0 heterocycles. The number of rotatable bonds is 0. The second-order valence-electron chi connectivity index (χ2n) is 23.2. The molecule has 0 amide bonds. The molecule has 3 heteroatoms. The maximum atomic E-state index is 3.40. The molecule has 0 nitrogen and oxygen atoms in total. The predicted octanol–water partition coefficient (Wildman–Crippen LogP) is 17.7. The van der Waals surface area contributed by atoms with E-state index < -0.39 is 0 Å². The van der Waals surface area contributed by atoms with Gasteiger partial charge in [-0.15, -0.1) is 31.7 Å². The summed E-state index contributed by atoms with van der Waals surface area (Å²) in [6.45, 7) is 44.7. The van der Waals surface area contributed by atoms with Crippen LogP contribution in [0.2, 0.25) is 0 Å². The molecule has 350 valence electrons. The monoisotopic (exact) mass is 977 g/mol. The first-order valence-corrected chi connectivity index (χ1v) is 25.0. The van der Waals surface area contributed by atoms with Gasteiger partial charge >= 0.3 is 28.4 Å². The van der Waals surface area contributed by atoms with Gasteiger partial charge < -0.3 is 0 Å². The zero-order chi connectivity index (χ0) is 46.9. The number of fused-ring (bicyclic) bond motifs is 6. The van der Waals surface area contributed by atoms with E-state index in [1.165, 1.54) is 70.5 Å². The Morgan fingerprint density at radius 2 is 1.19 bits per heavy atom. The van der Waals surface area contributed by atoms with Crippen molar-refractivity contribution in [1.29, 1.82) is 0 Å². The molecule has 3 aromatic carbocycles. The van der Waals surface area contributed by atoms with Crippen LogP contribution < -0.4 is 0 Å². The number of benzene rings is 3. The molecule has 5 aliphatic rings. The SMILES string of the molecule is CC(C)(C)c1cc[c-]cc1.CC(C)(C)c1cc[c-]cc1.CC1=[C-]C(C)C=C1C(C)(C)C.C[C-]1C2=C3Cc4ccccc4C3=C3C=CCCC3C2(C)C(C)(C)C(C)(C)C1(C)C.Cl.Cl.[CH2]=[Zr]. The number of allylic oxidation sites excluding steroid dienone is 10. The van der Waals surface area contributed by atoms with Crippen molar-refractivity contribution in [2.75, 3.05) is 0 Å². The molecule has 5 aliphatic carbocycles. The molecule has 0 bridgehead atoms. The third-order valence-corrected chi connectivity index (χ3v) is 16.0. The molecule has 0 aliphatic heterocycles. The van der Waals surface area contributed by atoms with Gasteiger partial charge in [0.05, 0.1) is 0 Å². The van der Waals surface area contributed by atoms with Crippen LogP contribution in [0.1, 0.15) is 167 Å². The number of halogens is 2. The summed E-state index contributed by atoms with van der Waals surface area (Å²) in [6.07, 6.45) is 14.2. The zero-order valence-corrected chi connectivity index (χ0v) is 47.6. The van der Waals surface area contributed by atoms with Crippen molar-refractivity contribution in [3.8, 4) is 0 Å². The van der Waals surface area contributed by atoms with Crippen LogP contribution in [0.4, 0.5) is 0 Å². The van der Waals surface area contributed by atoms with Crippen LogP contribution >= 0.6 is 24.8 Å². The second-order valence-corrected chi connectivity index (χ2v) is 23.2. The van der Waals surface area contributed by atoms with Crippen LogP contribution in [-0.4, -0.2) is 4.21 Å². The van der Waals surface area contributed by atoms with Crippen molar-refractivity contribution in [3.63, 3.8) is 0 Å². The zero-order valence-electron chi connectivity index (χ0n) is 43.5. The van der Waals surface area contributed by atoms with Crippen LogP contribution in [0.25, 0.3) is 5.57 Å². The van der Waals surface area contributed by atoms with E-state index in [-0.39, 0.29) is 57.3 Å². The molecular formula is C61H84Cl2Zr-4. The summed E-state index contributed by atoms with van der Waals surface area (Å²) in [5.41, 5.74) is 16.7. The van der Waals surface area contributed by atoms with Crippen LogP contribution in [0, 0.1) is 63.0 Å². The van der Waals surface area contributed by atoms with E-state index in [4.69, 9.17) is 0 Å². The molecule has 0 radical (unpaired) electrons. The van der Waals surface area contributed by atoms with Gasteiger partial charge in [-0.2, -0.15) is 94.6 Å². The van der Waals surface area contributed by atoms with E-state index in [2.05, 4.69) is 221 Å². The maximum absolute atomic E-state index is 3.40. The summed E-state index contributed by atoms with van der Waals surface area (Å²) < 4.78 is 3.34. The van der Waals surface area contributed by atoms with Crippen molar-refractivity contribution in [2.24, 2.45) is 38.9 Å². The van der Waals surface area contributed by atoms with Gasteiger partial charge in [-0.3, -0.25) is 6.08 Å². The van der Waals surface area contributed by atoms with Gasteiger partial charge in [0.2, 0.25) is 0 Å². The Morgan fingerprint density at radius 1 is 0.703 bits per heavy atom. The molecule has 0 saturated heterocycles. The van der Waals surface area contributed by atoms with Gasteiger partial charge in [-0.25, -0.2) is 11.5 Å². The first-order valence-electron chi connectivity index (χ1n) is 23.3. The third kappa shape index (κ3) is 11.3. The predicted molar refractivity (Wildman–Crippen MR) is 283 cm³/mol. The van der Waals surface area contributed by atoms with Crippen LogP contribution in [0.15, 0.2) is 119 Å². The Kier molecular flexibility index (Phi) is 19.5. The van der Waals surface area contributed by atoms with E-state index in [9.17, 15) is 0 Å². The molecule has 1 fully saturated rings. The fourth-order valence-corrected chi connectivity index (χ4v) is 11.0. The molecule has 8 rings (SSSR count). The van der Waals surface area contributed by atoms with E-state index in [1.54, 1.807) is 28.2 Å². The molecule has 0 N–H and O–H groups in total. The summed E-state index contributed by atoms with van der Waals surface area (Å²) in [6, 6.07) is 31.5. The second kappa shape index (κ2) is 21.7. The average molecular weight is 979 g/mol. The first kappa shape index (κ1) is 57.7. The van der Waals surface area contributed by atoms with E-state index >= 15 is 0 Å². The first-order chi connectivity index (χ1) is 28.6. The summed E-state index contributed by atoms with van der Waals surface area (Å²) in [7, 11) is 0. The molecule has 64 heavy (non-hydrogen) atoms. The van der Waals surface area contributed by atoms with Gasteiger partial charge in [0.15, 0.2) is 0 Å². The van der Waals surface area contributed by atoms with Crippen molar-refractivity contribution in [3.05, 3.63) is 165 Å². The van der Waals surface area contributed by atoms with Crippen molar-refractivity contribution >= 4 is 34.6 Å².